The van der Waals surface area contributed by atoms with Crippen LogP contribution < -0.4 is 0 Å². The summed E-state index contributed by atoms with van der Waals surface area (Å²) in [7, 11) is 3.42. The molecule has 4 aromatic rings. The third kappa shape index (κ3) is 3.49. The predicted molar refractivity (Wildman–Crippen MR) is 101 cm³/mol. The predicted octanol–water partition coefficient (Wildman–Crippen LogP) is 5.88. The molecular weight excluding hydrogens is 384 g/mol. The van der Waals surface area contributed by atoms with Gasteiger partial charge in [-0.2, -0.15) is 0 Å². The molecule has 7 heteroatoms. The number of para-hydroxylation sites is 1. The lowest BCUT2D eigenvalue weighted by atomic mass is 9.99. The highest BCUT2D eigenvalue weighted by atomic mass is 19.1. The van der Waals surface area contributed by atoms with Crippen molar-refractivity contribution in [2.45, 2.75) is 12.5 Å². The summed E-state index contributed by atoms with van der Waals surface area (Å²) in [6.07, 6.45) is -0.955. The number of benzene rings is 3. The molecule has 1 unspecified atom stereocenters. The number of aromatic amines is 1. The zero-order valence-corrected chi connectivity index (χ0v) is 15.1. The van der Waals surface area contributed by atoms with Crippen molar-refractivity contribution in [3.63, 3.8) is 0 Å². The lowest BCUT2D eigenvalue weighted by Gasteiger charge is -2.17. The van der Waals surface area contributed by atoms with Gasteiger partial charge in [0.05, 0.1) is 29.8 Å². The largest absolute Gasteiger partial charge is 0.371 e. The molecule has 0 amide bonds. The van der Waals surface area contributed by atoms with E-state index in [4.69, 9.17) is 4.74 Å². The van der Waals surface area contributed by atoms with E-state index in [1.165, 1.54) is 12.1 Å². The number of nitrogens with one attached hydrogen (secondary N) is 1. The molecule has 0 bridgehead atoms. The molecule has 0 fully saturated rings. The average Bonchev–Trinajstić information content (AvgIpc) is 3.12. The highest BCUT2D eigenvalue weighted by Crippen LogP contribution is 2.32. The zero-order valence-electron chi connectivity index (χ0n) is 15.1. The number of fused-ring (bicyclic) bond motifs is 1. The Morgan fingerprint density at radius 2 is 1.45 bits per heavy atom. The van der Waals surface area contributed by atoms with Gasteiger partial charge >= 0.3 is 0 Å². The summed E-state index contributed by atoms with van der Waals surface area (Å²) in [5, 5.41) is 0. The van der Waals surface area contributed by atoms with Gasteiger partial charge in [-0.3, -0.25) is 0 Å². The summed E-state index contributed by atoms with van der Waals surface area (Å²) in [6, 6.07) is 12.2. The van der Waals surface area contributed by atoms with Crippen molar-refractivity contribution in [2.24, 2.45) is 0 Å². The van der Waals surface area contributed by atoms with Crippen molar-refractivity contribution in [1.82, 2.24) is 9.97 Å². The second-order valence-corrected chi connectivity index (χ2v) is 6.49. The van der Waals surface area contributed by atoms with Gasteiger partial charge in [0.2, 0.25) is 0 Å². The van der Waals surface area contributed by atoms with Crippen LogP contribution in [0.5, 0.6) is 0 Å². The number of nitrogens with zero attached hydrogens (tertiary/aromatic N) is 1. The molecule has 1 atom stereocenters. The van der Waals surface area contributed by atoms with Crippen molar-refractivity contribution >= 4 is 11.0 Å². The lowest BCUT2D eigenvalue weighted by Crippen LogP contribution is -2.08. The Balaban J connectivity index is 1.80. The van der Waals surface area contributed by atoms with E-state index >= 15 is 0 Å². The van der Waals surface area contributed by atoms with E-state index in [1.54, 1.807) is 18.2 Å². The van der Waals surface area contributed by atoms with Gasteiger partial charge in [-0.25, -0.2) is 22.5 Å². The molecule has 3 aromatic carbocycles. The van der Waals surface area contributed by atoms with Gasteiger partial charge in [-0.05, 0) is 30.3 Å². The van der Waals surface area contributed by atoms with E-state index in [1.807, 2.05) is 0 Å². The third-order valence-corrected chi connectivity index (χ3v) is 4.74. The van der Waals surface area contributed by atoms with Crippen LogP contribution >= 0.6 is 0 Å². The second kappa shape index (κ2) is 7.67. The highest BCUT2D eigenvalue weighted by molar-refractivity contribution is 5.83. The van der Waals surface area contributed by atoms with Crippen LogP contribution in [0.1, 0.15) is 17.2 Å². The Morgan fingerprint density at radius 1 is 0.862 bits per heavy atom. The quantitative estimate of drug-likeness (QED) is 0.426. The molecule has 0 aliphatic heterocycles. The SMILES string of the molecule is [CH2]OC(Cc1c(F)cccc1F)c1cccc2[nH]c(-c3c(F)cccc3F)nc12. The van der Waals surface area contributed by atoms with E-state index in [9.17, 15) is 17.6 Å². The molecule has 1 heterocycles. The molecule has 0 saturated carbocycles. The van der Waals surface area contributed by atoms with E-state index < -0.39 is 29.4 Å². The molecule has 0 aliphatic rings. The molecule has 147 valence electrons. The number of hydrogen-bond donors (Lipinski definition) is 1. The average molecular weight is 399 g/mol. The summed E-state index contributed by atoms with van der Waals surface area (Å²) in [4.78, 5) is 7.21. The minimum atomic E-state index is -0.827. The van der Waals surface area contributed by atoms with E-state index in [0.29, 0.717) is 16.6 Å². The topological polar surface area (TPSA) is 37.9 Å². The monoisotopic (exact) mass is 399 g/mol. The normalized spacial score (nSPS) is 12.4. The summed E-state index contributed by atoms with van der Waals surface area (Å²) in [5.74, 6) is -2.92. The van der Waals surface area contributed by atoms with Crippen molar-refractivity contribution in [3.05, 3.63) is 96.1 Å². The van der Waals surface area contributed by atoms with Crippen LogP contribution in [0.25, 0.3) is 22.4 Å². The van der Waals surface area contributed by atoms with Crippen LogP contribution in [0, 0.1) is 30.4 Å². The fourth-order valence-corrected chi connectivity index (χ4v) is 3.33. The zero-order chi connectivity index (χ0) is 20.5. The van der Waals surface area contributed by atoms with Crippen molar-refractivity contribution in [1.29, 1.82) is 0 Å². The number of H-pyrrole nitrogens is 1. The first-order chi connectivity index (χ1) is 14.0. The number of rotatable bonds is 5. The summed E-state index contributed by atoms with van der Waals surface area (Å²) >= 11 is 0. The van der Waals surface area contributed by atoms with Crippen molar-refractivity contribution in [2.75, 3.05) is 0 Å². The van der Waals surface area contributed by atoms with Gasteiger partial charge in [0.15, 0.2) is 0 Å². The van der Waals surface area contributed by atoms with Crippen molar-refractivity contribution in [3.8, 4) is 11.4 Å². The molecule has 1 N–H and O–H groups in total. The first kappa shape index (κ1) is 19.1. The number of aromatic nitrogens is 2. The standard InChI is InChI=1S/C22H15F4N2O/c1-29-19(11-13-14(23)6-3-7-15(13)24)12-5-2-10-18-21(12)28-22(27-18)20-16(25)8-4-9-17(20)26/h2-10,19H,1,11H2,(H,27,28). The van der Waals surface area contributed by atoms with Gasteiger partial charge in [0, 0.05) is 17.5 Å². The van der Waals surface area contributed by atoms with E-state index in [2.05, 4.69) is 17.1 Å². The number of hydrogen-bond acceptors (Lipinski definition) is 2. The van der Waals surface area contributed by atoms with Gasteiger partial charge in [0.1, 0.15) is 29.1 Å². The van der Waals surface area contributed by atoms with Gasteiger partial charge in [-0.1, -0.05) is 24.3 Å². The molecule has 0 saturated heterocycles. The molecule has 0 aliphatic carbocycles. The third-order valence-electron chi connectivity index (χ3n) is 4.74. The fraction of sp³-hybridized carbons (Fsp3) is 0.0909. The second-order valence-electron chi connectivity index (χ2n) is 6.49. The smallest absolute Gasteiger partial charge is 0.144 e. The number of imidazole rings is 1. The summed E-state index contributed by atoms with van der Waals surface area (Å²) in [5.41, 5.74) is 0.919. The molecule has 4 rings (SSSR count). The molecule has 1 radical (unpaired) electrons. The van der Waals surface area contributed by atoms with Crippen LogP contribution in [0.3, 0.4) is 0 Å². The molecular formula is C22H15F4N2O. The maximum Gasteiger partial charge on any atom is 0.144 e. The summed E-state index contributed by atoms with van der Waals surface area (Å²) < 4.78 is 61.7. The Bertz CT molecular complexity index is 1150. The van der Waals surface area contributed by atoms with E-state index in [-0.39, 0.29) is 23.4 Å². The minimum Gasteiger partial charge on any atom is -0.371 e. The Hall–Kier alpha value is -3.19. The highest BCUT2D eigenvalue weighted by Gasteiger charge is 2.22. The Kier molecular flexibility index (Phi) is 5.07. The maximum atomic E-state index is 14.1. The van der Waals surface area contributed by atoms with Crippen LogP contribution in [0.2, 0.25) is 0 Å². The molecule has 3 nitrogen and oxygen atoms in total. The molecule has 1 aromatic heterocycles. The summed E-state index contributed by atoms with van der Waals surface area (Å²) in [6.45, 7) is 0. The first-order valence-electron chi connectivity index (χ1n) is 8.76. The molecule has 29 heavy (non-hydrogen) atoms. The van der Waals surface area contributed by atoms with Crippen LogP contribution in [0.4, 0.5) is 17.6 Å². The van der Waals surface area contributed by atoms with E-state index in [0.717, 1.165) is 24.3 Å². The Morgan fingerprint density at radius 3 is 2.07 bits per heavy atom. The Labute approximate surface area is 164 Å². The number of ether oxygens (including phenoxy) is 1. The van der Waals surface area contributed by atoms with Gasteiger partial charge in [-0.15, -0.1) is 0 Å². The fourth-order valence-electron chi connectivity index (χ4n) is 3.33. The number of halogens is 4. The van der Waals surface area contributed by atoms with Crippen molar-refractivity contribution < 1.29 is 22.3 Å². The molecule has 0 spiro atoms. The first-order valence-corrected chi connectivity index (χ1v) is 8.76. The van der Waals surface area contributed by atoms with Crippen LogP contribution in [0.15, 0.2) is 54.6 Å². The van der Waals surface area contributed by atoms with Gasteiger partial charge in [0.25, 0.3) is 0 Å². The maximum absolute atomic E-state index is 14.1. The van der Waals surface area contributed by atoms with Crippen LogP contribution in [-0.4, -0.2) is 9.97 Å². The van der Waals surface area contributed by atoms with Gasteiger partial charge < -0.3 is 9.72 Å². The van der Waals surface area contributed by atoms with Crippen LogP contribution in [-0.2, 0) is 11.2 Å². The minimum absolute atomic E-state index is 0.00272. The lowest BCUT2D eigenvalue weighted by molar-refractivity contribution is 0.139.